The molecule has 0 saturated heterocycles. The fourth-order valence-corrected chi connectivity index (χ4v) is 2.21. The van der Waals surface area contributed by atoms with Crippen LogP contribution < -0.4 is 10.1 Å². The van der Waals surface area contributed by atoms with Crippen molar-refractivity contribution < 1.29 is 9.84 Å². The summed E-state index contributed by atoms with van der Waals surface area (Å²) in [5.41, 5.74) is 0. The summed E-state index contributed by atoms with van der Waals surface area (Å²) < 4.78 is 6.64. The molecule has 1 aliphatic rings. The van der Waals surface area contributed by atoms with Crippen molar-refractivity contribution in [2.45, 2.75) is 18.9 Å². The number of halogens is 1. The van der Waals surface area contributed by atoms with Crippen molar-refractivity contribution in [3.05, 3.63) is 28.7 Å². The molecule has 2 N–H and O–H groups in total. The van der Waals surface area contributed by atoms with E-state index in [1.54, 1.807) is 0 Å². The molecule has 3 nitrogen and oxygen atoms in total. The summed E-state index contributed by atoms with van der Waals surface area (Å²) in [5, 5.41) is 12.5. The molecule has 0 spiro atoms. The lowest BCUT2D eigenvalue weighted by Gasteiger charge is -2.31. The first kappa shape index (κ1) is 12.9. The van der Waals surface area contributed by atoms with Crippen LogP contribution in [0.25, 0.3) is 0 Å². The summed E-state index contributed by atoms with van der Waals surface area (Å²) in [4.78, 5) is 0. The van der Waals surface area contributed by atoms with E-state index in [2.05, 4.69) is 21.2 Å². The van der Waals surface area contributed by atoms with E-state index < -0.39 is 0 Å². The molecule has 1 fully saturated rings. The van der Waals surface area contributed by atoms with E-state index in [4.69, 9.17) is 9.84 Å². The predicted molar refractivity (Wildman–Crippen MR) is 71.2 cm³/mol. The van der Waals surface area contributed by atoms with Crippen LogP contribution in [-0.4, -0.2) is 30.9 Å². The number of ether oxygens (including phenoxy) is 1. The zero-order valence-electron chi connectivity index (χ0n) is 9.73. The monoisotopic (exact) mass is 299 g/mol. The summed E-state index contributed by atoms with van der Waals surface area (Å²) in [7, 11) is 0. The lowest BCUT2D eigenvalue weighted by molar-refractivity contribution is 0.0428. The van der Waals surface area contributed by atoms with Crippen molar-refractivity contribution in [3.8, 4) is 5.75 Å². The van der Waals surface area contributed by atoms with Gasteiger partial charge in [-0.25, -0.2) is 0 Å². The Kier molecular flexibility index (Phi) is 4.83. The molecule has 4 heteroatoms. The minimum Gasteiger partial charge on any atom is -0.492 e. The predicted octanol–water partition coefficient (Wildman–Crippen LogP) is 2.19. The van der Waals surface area contributed by atoms with Gasteiger partial charge in [-0.2, -0.15) is 0 Å². The Morgan fingerprint density at radius 3 is 2.65 bits per heavy atom. The summed E-state index contributed by atoms with van der Waals surface area (Å²) in [6, 6.07) is 7.84. The minimum absolute atomic E-state index is 0.0548. The van der Waals surface area contributed by atoms with Crippen LogP contribution in [0.15, 0.2) is 28.7 Å². The Labute approximate surface area is 110 Å². The van der Waals surface area contributed by atoms with Crippen LogP contribution in [0.2, 0.25) is 0 Å². The van der Waals surface area contributed by atoms with Crippen LogP contribution in [0.5, 0.6) is 5.75 Å². The SMILES string of the molecule is OC1CC(CNCCOc2ccc(Br)cc2)C1. The molecule has 17 heavy (non-hydrogen) atoms. The van der Waals surface area contributed by atoms with Crippen LogP contribution >= 0.6 is 15.9 Å². The Hall–Kier alpha value is -0.580. The third kappa shape index (κ3) is 4.30. The van der Waals surface area contributed by atoms with Crippen molar-refractivity contribution in [2.24, 2.45) is 5.92 Å². The molecule has 1 aromatic rings. The molecule has 0 atom stereocenters. The molecule has 0 amide bonds. The van der Waals surface area contributed by atoms with Gasteiger partial charge in [-0.1, -0.05) is 15.9 Å². The zero-order valence-corrected chi connectivity index (χ0v) is 11.3. The third-order valence-corrected chi connectivity index (χ3v) is 3.53. The highest BCUT2D eigenvalue weighted by molar-refractivity contribution is 9.10. The van der Waals surface area contributed by atoms with E-state index in [9.17, 15) is 0 Å². The maximum Gasteiger partial charge on any atom is 0.119 e. The van der Waals surface area contributed by atoms with Crippen LogP contribution in [0.1, 0.15) is 12.8 Å². The highest BCUT2D eigenvalue weighted by Crippen LogP contribution is 2.25. The lowest BCUT2D eigenvalue weighted by Crippen LogP contribution is -2.37. The van der Waals surface area contributed by atoms with E-state index in [1.807, 2.05) is 24.3 Å². The third-order valence-electron chi connectivity index (χ3n) is 3.01. The second-order valence-corrected chi connectivity index (χ2v) is 5.41. The molecule has 0 aromatic heterocycles. The standard InChI is InChI=1S/C13H18BrNO2/c14-11-1-3-13(4-2-11)17-6-5-15-9-10-7-12(16)8-10/h1-4,10,12,15-16H,5-9H2. The van der Waals surface area contributed by atoms with E-state index >= 15 is 0 Å². The highest BCUT2D eigenvalue weighted by atomic mass is 79.9. The van der Waals surface area contributed by atoms with Gasteiger partial charge in [0.1, 0.15) is 12.4 Å². The van der Waals surface area contributed by atoms with Crippen molar-refractivity contribution >= 4 is 15.9 Å². The quantitative estimate of drug-likeness (QED) is 0.791. The van der Waals surface area contributed by atoms with Gasteiger partial charge in [0.2, 0.25) is 0 Å². The van der Waals surface area contributed by atoms with E-state index in [-0.39, 0.29) is 6.10 Å². The lowest BCUT2D eigenvalue weighted by atomic mass is 9.82. The average Bonchev–Trinajstić information content (AvgIpc) is 2.28. The number of benzene rings is 1. The molecule has 0 heterocycles. The molecule has 0 unspecified atom stereocenters. The van der Waals surface area contributed by atoms with Crippen molar-refractivity contribution in [2.75, 3.05) is 19.7 Å². The number of aliphatic hydroxyl groups excluding tert-OH is 1. The first-order valence-electron chi connectivity index (χ1n) is 6.01. The first-order valence-corrected chi connectivity index (χ1v) is 6.80. The van der Waals surface area contributed by atoms with Crippen molar-refractivity contribution in [1.29, 1.82) is 0 Å². The smallest absolute Gasteiger partial charge is 0.119 e. The first-order chi connectivity index (χ1) is 8.24. The second kappa shape index (κ2) is 6.38. The van der Waals surface area contributed by atoms with Crippen LogP contribution in [0, 0.1) is 5.92 Å². The molecule has 0 bridgehead atoms. The molecular weight excluding hydrogens is 282 g/mol. The van der Waals surface area contributed by atoms with Crippen LogP contribution in [-0.2, 0) is 0 Å². The van der Waals surface area contributed by atoms with Gasteiger partial charge in [0, 0.05) is 11.0 Å². The number of rotatable bonds is 6. The van der Waals surface area contributed by atoms with Gasteiger partial charge >= 0.3 is 0 Å². The largest absolute Gasteiger partial charge is 0.492 e. The Balaban J connectivity index is 1.52. The van der Waals surface area contributed by atoms with Gasteiger partial charge in [0.25, 0.3) is 0 Å². The van der Waals surface area contributed by atoms with E-state index in [0.717, 1.165) is 36.2 Å². The van der Waals surface area contributed by atoms with Crippen molar-refractivity contribution in [1.82, 2.24) is 5.32 Å². The van der Waals surface area contributed by atoms with Gasteiger partial charge in [0.05, 0.1) is 6.10 Å². The summed E-state index contributed by atoms with van der Waals surface area (Å²) >= 11 is 3.39. The van der Waals surface area contributed by atoms with Crippen LogP contribution in [0.3, 0.4) is 0 Å². The molecule has 1 aliphatic carbocycles. The minimum atomic E-state index is -0.0548. The molecule has 1 aromatic carbocycles. The maximum absolute atomic E-state index is 9.14. The maximum atomic E-state index is 9.14. The van der Waals surface area contributed by atoms with E-state index in [1.165, 1.54) is 0 Å². The average molecular weight is 300 g/mol. The Morgan fingerprint density at radius 2 is 2.00 bits per heavy atom. The second-order valence-electron chi connectivity index (χ2n) is 4.50. The molecule has 0 aliphatic heterocycles. The summed E-state index contributed by atoms with van der Waals surface area (Å²) in [5.74, 6) is 1.55. The van der Waals surface area contributed by atoms with Crippen molar-refractivity contribution in [3.63, 3.8) is 0 Å². The van der Waals surface area contributed by atoms with Gasteiger partial charge in [-0.3, -0.25) is 0 Å². The van der Waals surface area contributed by atoms with Crippen LogP contribution in [0.4, 0.5) is 0 Å². The highest BCUT2D eigenvalue weighted by Gasteiger charge is 2.26. The number of nitrogens with one attached hydrogen (secondary N) is 1. The zero-order chi connectivity index (χ0) is 12.1. The fourth-order valence-electron chi connectivity index (χ4n) is 1.95. The number of hydrogen-bond donors (Lipinski definition) is 2. The molecule has 1 saturated carbocycles. The topological polar surface area (TPSA) is 41.5 Å². The molecule has 2 rings (SSSR count). The Morgan fingerprint density at radius 1 is 1.29 bits per heavy atom. The number of hydrogen-bond acceptors (Lipinski definition) is 3. The van der Waals surface area contributed by atoms with Gasteiger partial charge in [-0.15, -0.1) is 0 Å². The number of aliphatic hydroxyl groups is 1. The molecule has 0 radical (unpaired) electrons. The Bertz CT molecular complexity index is 336. The summed E-state index contributed by atoms with van der Waals surface area (Å²) in [6.45, 7) is 2.51. The van der Waals surface area contributed by atoms with E-state index in [0.29, 0.717) is 12.5 Å². The van der Waals surface area contributed by atoms with Gasteiger partial charge < -0.3 is 15.2 Å². The molecular formula is C13H18BrNO2. The normalized spacial score (nSPS) is 23.2. The summed E-state index contributed by atoms with van der Waals surface area (Å²) in [6.07, 6.45) is 1.84. The van der Waals surface area contributed by atoms with Gasteiger partial charge in [-0.05, 0) is 49.6 Å². The fraction of sp³-hybridized carbons (Fsp3) is 0.538. The molecule has 94 valence electrons. The van der Waals surface area contributed by atoms with Gasteiger partial charge in [0.15, 0.2) is 0 Å².